The van der Waals surface area contributed by atoms with Crippen LogP contribution in [0.5, 0.6) is 0 Å². The molecule has 1 aromatic carbocycles. The lowest BCUT2D eigenvalue weighted by molar-refractivity contribution is -0.146. The molecule has 0 amide bonds. The average Bonchev–Trinajstić information content (AvgIpc) is 2.90. The monoisotopic (exact) mass is 330 g/mol. The molecule has 1 aromatic heterocycles. The number of carboxylic acids is 1. The summed E-state index contributed by atoms with van der Waals surface area (Å²) in [5.74, 6) is -0.331. The maximum atomic E-state index is 11.4. The van der Waals surface area contributed by atoms with E-state index in [2.05, 4.69) is 11.1 Å². The average molecular weight is 330 g/mol. The Morgan fingerprint density at radius 2 is 2.35 bits per heavy atom. The summed E-state index contributed by atoms with van der Waals surface area (Å²) in [7, 11) is 0. The Hall–Kier alpha value is -1.97. The van der Waals surface area contributed by atoms with Gasteiger partial charge in [-0.3, -0.25) is 4.79 Å². The first-order chi connectivity index (χ1) is 11.0. The molecule has 3 rings (SSSR count). The SMILES string of the molecule is CSCC1(CC(=O)O)OCCc2c1[nH]c1c(C)ccc(C#N)c21. The number of ether oxygens (including phenoxy) is 1. The van der Waals surface area contributed by atoms with E-state index in [9.17, 15) is 15.2 Å². The van der Waals surface area contributed by atoms with Gasteiger partial charge in [0.15, 0.2) is 0 Å². The second-order valence-electron chi connectivity index (χ2n) is 5.87. The second kappa shape index (κ2) is 5.91. The number of nitriles is 1. The molecule has 2 heterocycles. The van der Waals surface area contributed by atoms with Gasteiger partial charge in [0.1, 0.15) is 5.60 Å². The van der Waals surface area contributed by atoms with Gasteiger partial charge >= 0.3 is 5.97 Å². The summed E-state index contributed by atoms with van der Waals surface area (Å²) in [6.45, 7) is 2.45. The third-order valence-corrected chi connectivity index (χ3v) is 5.14. The molecule has 2 N–H and O–H groups in total. The van der Waals surface area contributed by atoms with Gasteiger partial charge in [-0.1, -0.05) is 6.07 Å². The Bertz CT molecular complexity index is 821. The van der Waals surface area contributed by atoms with Crippen LogP contribution in [0.3, 0.4) is 0 Å². The zero-order valence-corrected chi connectivity index (χ0v) is 13.9. The van der Waals surface area contributed by atoms with Crippen molar-refractivity contribution in [1.29, 1.82) is 5.26 Å². The van der Waals surface area contributed by atoms with Crippen molar-refractivity contribution in [2.24, 2.45) is 0 Å². The topological polar surface area (TPSA) is 86.1 Å². The summed E-state index contributed by atoms with van der Waals surface area (Å²) < 4.78 is 5.97. The van der Waals surface area contributed by atoms with Gasteiger partial charge in [0.05, 0.1) is 35.9 Å². The summed E-state index contributed by atoms with van der Waals surface area (Å²) in [6.07, 6.45) is 2.54. The summed E-state index contributed by atoms with van der Waals surface area (Å²) in [5.41, 5.74) is 3.57. The smallest absolute Gasteiger partial charge is 0.306 e. The van der Waals surface area contributed by atoms with Gasteiger partial charge in [0.25, 0.3) is 0 Å². The molecule has 6 heteroatoms. The zero-order chi connectivity index (χ0) is 16.6. The highest BCUT2D eigenvalue weighted by molar-refractivity contribution is 7.98. The van der Waals surface area contributed by atoms with Crippen LogP contribution in [-0.2, 0) is 21.6 Å². The molecular weight excluding hydrogens is 312 g/mol. The van der Waals surface area contributed by atoms with Crippen molar-refractivity contribution in [2.45, 2.75) is 25.4 Å². The third-order valence-electron chi connectivity index (χ3n) is 4.39. The molecule has 0 aliphatic carbocycles. The highest BCUT2D eigenvalue weighted by Gasteiger charge is 2.42. The van der Waals surface area contributed by atoms with E-state index in [1.807, 2.05) is 25.3 Å². The molecular formula is C17H18N2O3S. The number of rotatable bonds is 4. The predicted molar refractivity (Wildman–Crippen MR) is 89.7 cm³/mol. The number of fused-ring (bicyclic) bond motifs is 3. The molecule has 1 aliphatic heterocycles. The van der Waals surface area contributed by atoms with E-state index in [-0.39, 0.29) is 6.42 Å². The highest BCUT2D eigenvalue weighted by Crippen LogP contribution is 2.42. The van der Waals surface area contributed by atoms with Crippen molar-refractivity contribution in [3.63, 3.8) is 0 Å². The van der Waals surface area contributed by atoms with Gasteiger partial charge in [0.2, 0.25) is 0 Å². The normalized spacial score (nSPS) is 20.2. The molecule has 0 fully saturated rings. The molecule has 1 atom stereocenters. The van der Waals surface area contributed by atoms with Crippen molar-refractivity contribution < 1.29 is 14.6 Å². The van der Waals surface area contributed by atoms with E-state index >= 15 is 0 Å². The molecule has 1 aliphatic rings. The number of thioether (sulfide) groups is 1. The summed E-state index contributed by atoms with van der Waals surface area (Å²) in [4.78, 5) is 14.8. The minimum atomic E-state index is -0.886. The molecule has 0 bridgehead atoms. The van der Waals surface area contributed by atoms with Crippen molar-refractivity contribution in [3.8, 4) is 6.07 Å². The van der Waals surface area contributed by atoms with Gasteiger partial charge in [-0.25, -0.2) is 0 Å². The fraction of sp³-hybridized carbons (Fsp3) is 0.412. The van der Waals surface area contributed by atoms with E-state index in [0.29, 0.717) is 24.3 Å². The van der Waals surface area contributed by atoms with Crippen LogP contribution >= 0.6 is 11.8 Å². The van der Waals surface area contributed by atoms with E-state index in [4.69, 9.17) is 4.74 Å². The number of aromatic nitrogens is 1. The van der Waals surface area contributed by atoms with Crippen LogP contribution in [0.25, 0.3) is 10.9 Å². The number of nitrogens with one attached hydrogen (secondary N) is 1. The van der Waals surface area contributed by atoms with Crippen LogP contribution in [0.1, 0.15) is 28.8 Å². The van der Waals surface area contributed by atoms with E-state index in [1.54, 1.807) is 11.8 Å². The number of H-pyrrole nitrogens is 1. The Morgan fingerprint density at radius 3 is 3.00 bits per heavy atom. The fourth-order valence-electron chi connectivity index (χ4n) is 3.44. The number of carbonyl (C=O) groups is 1. The first-order valence-corrected chi connectivity index (χ1v) is 8.81. The number of aromatic amines is 1. The van der Waals surface area contributed by atoms with E-state index in [0.717, 1.165) is 27.7 Å². The van der Waals surface area contributed by atoms with Crippen LogP contribution < -0.4 is 0 Å². The van der Waals surface area contributed by atoms with E-state index < -0.39 is 11.6 Å². The Kier molecular flexibility index (Phi) is 4.09. The standard InChI is InChI=1S/C17H18N2O3S/c1-10-3-4-11(8-18)14-12-5-6-22-17(9-23-2,7-13(20)21)16(12)19-15(10)14/h3-4,19H,5-7,9H2,1-2H3,(H,20,21). The highest BCUT2D eigenvalue weighted by atomic mass is 32.2. The third kappa shape index (κ3) is 2.50. The molecule has 5 nitrogen and oxygen atoms in total. The van der Waals surface area contributed by atoms with Gasteiger partial charge in [-0.2, -0.15) is 17.0 Å². The van der Waals surface area contributed by atoms with Gasteiger partial charge < -0.3 is 14.8 Å². The maximum Gasteiger partial charge on any atom is 0.306 e. The largest absolute Gasteiger partial charge is 0.481 e. The summed E-state index contributed by atoms with van der Waals surface area (Å²) >= 11 is 1.56. The number of aryl methyl sites for hydroxylation is 1. The molecule has 0 spiro atoms. The van der Waals surface area contributed by atoms with Gasteiger partial charge in [-0.05, 0) is 36.8 Å². The van der Waals surface area contributed by atoms with Crippen LogP contribution in [0.15, 0.2) is 12.1 Å². The lowest BCUT2D eigenvalue weighted by atomic mass is 9.89. The van der Waals surface area contributed by atoms with Gasteiger partial charge in [0, 0.05) is 11.1 Å². The summed E-state index contributed by atoms with van der Waals surface area (Å²) in [6, 6.07) is 5.99. The Morgan fingerprint density at radius 1 is 1.57 bits per heavy atom. The molecule has 2 aromatic rings. The van der Waals surface area contributed by atoms with Crippen LogP contribution in [0.4, 0.5) is 0 Å². The quantitative estimate of drug-likeness (QED) is 0.900. The Labute approximate surface area is 138 Å². The predicted octanol–water partition coefficient (Wildman–Crippen LogP) is 2.95. The van der Waals surface area contributed by atoms with Crippen molar-refractivity contribution >= 4 is 28.6 Å². The lowest BCUT2D eigenvalue weighted by Gasteiger charge is -2.36. The molecule has 1 unspecified atom stereocenters. The van der Waals surface area contributed by atoms with Crippen LogP contribution in [0.2, 0.25) is 0 Å². The molecule has 0 saturated carbocycles. The minimum absolute atomic E-state index is 0.0887. The van der Waals surface area contributed by atoms with E-state index in [1.165, 1.54) is 0 Å². The number of hydrogen-bond acceptors (Lipinski definition) is 4. The number of carboxylic acid groups (broad SMARTS) is 1. The molecule has 23 heavy (non-hydrogen) atoms. The molecule has 0 saturated heterocycles. The van der Waals surface area contributed by atoms with Crippen molar-refractivity contribution in [1.82, 2.24) is 4.98 Å². The maximum absolute atomic E-state index is 11.4. The summed E-state index contributed by atoms with van der Waals surface area (Å²) in [5, 5.41) is 19.7. The second-order valence-corrected chi connectivity index (χ2v) is 6.73. The Balaban J connectivity index is 2.30. The zero-order valence-electron chi connectivity index (χ0n) is 13.1. The van der Waals surface area contributed by atoms with Crippen molar-refractivity contribution in [3.05, 3.63) is 34.5 Å². The lowest BCUT2D eigenvalue weighted by Crippen LogP contribution is -2.40. The number of hydrogen-bond donors (Lipinski definition) is 2. The minimum Gasteiger partial charge on any atom is -0.481 e. The molecule has 120 valence electrons. The van der Waals surface area contributed by atoms with Crippen molar-refractivity contribution in [2.75, 3.05) is 18.6 Å². The number of benzene rings is 1. The first kappa shape index (κ1) is 15.9. The number of aliphatic carboxylic acids is 1. The fourth-order valence-corrected chi connectivity index (χ4v) is 4.24. The molecule has 0 radical (unpaired) electrons. The number of nitrogens with zero attached hydrogens (tertiary/aromatic N) is 1. The first-order valence-electron chi connectivity index (χ1n) is 7.42. The van der Waals surface area contributed by atoms with Crippen LogP contribution in [-0.4, -0.2) is 34.7 Å². The van der Waals surface area contributed by atoms with Crippen LogP contribution in [0, 0.1) is 18.3 Å². The van der Waals surface area contributed by atoms with Gasteiger partial charge in [-0.15, -0.1) is 0 Å².